The number of alkyl halides is 5. The number of carbonyl (C=O) groups is 1. The van der Waals surface area contributed by atoms with E-state index >= 15 is 0 Å². The number of amides is 1. The third-order valence-corrected chi connectivity index (χ3v) is 3.88. The summed E-state index contributed by atoms with van der Waals surface area (Å²) in [6, 6.07) is 5.36. The first kappa shape index (κ1) is 19.4. The molecule has 11 heteroatoms. The van der Waals surface area contributed by atoms with Crippen molar-refractivity contribution in [2.45, 2.75) is 12.3 Å². The van der Waals surface area contributed by atoms with Crippen LogP contribution in [0.1, 0.15) is 10.4 Å². The minimum Gasteiger partial charge on any atom is -0.426 e. The first-order valence-corrected chi connectivity index (χ1v) is 7.53. The van der Waals surface area contributed by atoms with Crippen LogP contribution in [0.4, 0.5) is 27.6 Å². The van der Waals surface area contributed by atoms with Gasteiger partial charge in [0, 0.05) is 11.9 Å². The number of halogens is 7. The molecule has 1 heterocycles. The summed E-state index contributed by atoms with van der Waals surface area (Å²) in [5, 5.41) is 2.57. The Balaban J connectivity index is 2.07. The summed E-state index contributed by atoms with van der Waals surface area (Å²) in [6.07, 6.45) is -9.95. The van der Waals surface area contributed by atoms with E-state index in [0.717, 1.165) is 24.3 Å². The van der Waals surface area contributed by atoms with Crippen LogP contribution in [0.25, 0.3) is 0 Å². The molecule has 1 aromatic carbocycles. The van der Waals surface area contributed by atoms with Gasteiger partial charge in [0.05, 0.1) is 10.0 Å². The monoisotopic (exact) mass is 444 g/mol. The van der Waals surface area contributed by atoms with Crippen molar-refractivity contribution >= 4 is 39.1 Å². The Bertz CT molecular complexity index is 784. The normalized spacial score (nSPS) is 12.0. The van der Waals surface area contributed by atoms with E-state index in [4.69, 9.17) is 11.6 Å². The first-order valence-electron chi connectivity index (χ1n) is 6.35. The van der Waals surface area contributed by atoms with Crippen LogP contribution in [0.2, 0.25) is 5.15 Å². The summed E-state index contributed by atoms with van der Waals surface area (Å²) in [7, 11) is 0. The molecule has 134 valence electrons. The van der Waals surface area contributed by atoms with Gasteiger partial charge in [-0.2, -0.15) is 22.0 Å². The molecule has 2 aromatic rings. The number of carbonyl (C=O) groups excluding carboxylic acids is 1. The van der Waals surface area contributed by atoms with Gasteiger partial charge < -0.3 is 10.1 Å². The minimum absolute atomic E-state index is 0.152. The molecular formula is C14H7BrClF5N2O2. The maximum Gasteiger partial charge on any atom is 0.499 e. The number of hydrogen-bond acceptors (Lipinski definition) is 3. The van der Waals surface area contributed by atoms with Gasteiger partial charge in [0.25, 0.3) is 5.91 Å². The Morgan fingerprint density at radius 2 is 1.76 bits per heavy atom. The van der Waals surface area contributed by atoms with Gasteiger partial charge in [-0.1, -0.05) is 11.6 Å². The van der Waals surface area contributed by atoms with E-state index in [1.165, 1.54) is 12.3 Å². The topological polar surface area (TPSA) is 51.2 Å². The van der Waals surface area contributed by atoms with E-state index in [-0.39, 0.29) is 16.4 Å². The SMILES string of the molecule is O=C(Nc1ccc(OC(F)(F)C(F)(F)F)cc1)c1cnc(Cl)c(Br)c1. The second-order valence-electron chi connectivity index (χ2n) is 4.59. The number of aromatic nitrogens is 1. The molecule has 1 N–H and O–H groups in total. The lowest BCUT2D eigenvalue weighted by atomic mass is 10.2. The number of nitrogens with zero attached hydrogens (tertiary/aromatic N) is 1. The van der Waals surface area contributed by atoms with Gasteiger partial charge in [-0.3, -0.25) is 4.79 Å². The zero-order valence-electron chi connectivity index (χ0n) is 11.9. The highest BCUT2D eigenvalue weighted by molar-refractivity contribution is 9.10. The summed E-state index contributed by atoms with van der Waals surface area (Å²) in [5.74, 6) is -1.30. The Kier molecular flexibility index (Phi) is 5.52. The van der Waals surface area contributed by atoms with Crippen molar-refractivity contribution in [1.82, 2.24) is 4.98 Å². The molecule has 4 nitrogen and oxygen atoms in total. The van der Waals surface area contributed by atoms with Gasteiger partial charge in [-0.05, 0) is 46.3 Å². The maximum absolute atomic E-state index is 12.8. The van der Waals surface area contributed by atoms with Crippen LogP contribution in [-0.2, 0) is 0 Å². The number of rotatable bonds is 4. The highest BCUT2D eigenvalue weighted by atomic mass is 79.9. The van der Waals surface area contributed by atoms with E-state index in [1.807, 2.05) is 0 Å². The molecule has 0 saturated heterocycles. The summed E-state index contributed by atoms with van der Waals surface area (Å²) in [5.41, 5.74) is 0.305. The molecule has 0 unspecified atom stereocenters. The largest absolute Gasteiger partial charge is 0.499 e. The van der Waals surface area contributed by atoms with Crippen LogP contribution < -0.4 is 10.1 Å². The quantitative estimate of drug-likeness (QED) is 0.514. The summed E-state index contributed by atoms with van der Waals surface area (Å²) >= 11 is 8.80. The standard InChI is InChI=1S/C14H7BrClF5N2O2/c15-10-5-7(6-22-11(10)16)12(24)23-8-1-3-9(4-2-8)25-14(20,21)13(17,18)19/h1-6H,(H,23,24). The predicted octanol–water partition coefficient (Wildman–Crippen LogP) is 5.28. The van der Waals surface area contributed by atoms with Crippen LogP contribution in [-0.4, -0.2) is 23.2 Å². The van der Waals surface area contributed by atoms with Gasteiger partial charge in [-0.25, -0.2) is 4.98 Å². The molecule has 25 heavy (non-hydrogen) atoms. The van der Waals surface area contributed by atoms with Gasteiger partial charge in [0.15, 0.2) is 0 Å². The van der Waals surface area contributed by atoms with E-state index in [9.17, 15) is 26.7 Å². The number of anilines is 1. The van der Waals surface area contributed by atoms with Crippen molar-refractivity contribution < 1.29 is 31.5 Å². The lowest BCUT2D eigenvalue weighted by Gasteiger charge is -2.20. The second kappa shape index (κ2) is 7.12. The van der Waals surface area contributed by atoms with E-state index in [2.05, 4.69) is 31.0 Å². The number of pyridine rings is 1. The Morgan fingerprint density at radius 3 is 2.28 bits per heavy atom. The maximum atomic E-state index is 12.8. The van der Waals surface area contributed by atoms with Crippen molar-refractivity contribution in [3.05, 3.63) is 51.7 Å². The Morgan fingerprint density at radius 1 is 1.16 bits per heavy atom. The minimum atomic E-state index is -5.84. The molecule has 0 aliphatic heterocycles. The Labute approximate surface area is 151 Å². The molecule has 2 rings (SSSR count). The molecule has 1 aromatic heterocycles. The summed E-state index contributed by atoms with van der Waals surface area (Å²) in [6.45, 7) is 0. The van der Waals surface area contributed by atoms with Crippen LogP contribution >= 0.6 is 27.5 Å². The molecule has 0 spiro atoms. The summed E-state index contributed by atoms with van der Waals surface area (Å²) < 4.78 is 65.8. The molecule has 0 bridgehead atoms. The molecular weight excluding hydrogens is 439 g/mol. The fourth-order valence-corrected chi connectivity index (χ4v) is 2.01. The van der Waals surface area contributed by atoms with E-state index < -0.39 is 23.9 Å². The van der Waals surface area contributed by atoms with Crippen molar-refractivity contribution in [3.63, 3.8) is 0 Å². The molecule has 0 aliphatic rings. The van der Waals surface area contributed by atoms with E-state index in [1.54, 1.807) is 0 Å². The van der Waals surface area contributed by atoms with Gasteiger partial charge in [-0.15, -0.1) is 0 Å². The van der Waals surface area contributed by atoms with Crippen LogP contribution in [0, 0.1) is 0 Å². The first-order chi connectivity index (χ1) is 11.5. The van der Waals surface area contributed by atoms with Gasteiger partial charge in [0.1, 0.15) is 10.9 Å². The molecule has 0 fully saturated rings. The van der Waals surface area contributed by atoms with Gasteiger partial charge >= 0.3 is 12.3 Å². The number of nitrogens with one attached hydrogen (secondary N) is 1. The molecule has 0 radical (unpaired) electrons. The molecule has 0 aliphatic carbocycles. The third kappa shape index (κ3) is 4.79. The highest BCUT2D eigenvalue weighted by Gasteiger charge is 2.61. The Hall–Kier alpha value is -1.94. The van der Waals surface area contributed by atoms with Crippen LogP contribution in [0.3, 0.4) is 0 Å². The molecule has 1 amide bonds. The van der Waals surface area contributed by atoms with Crippen molar-refractivity contribution in [2.24, 2.45) is 0 Å². The fraction of sp³-hybridized carbons (Fsp3) is 0.143. The van der Waals surface area contributed by atoms with Crippen molar-refractivity contribution in [3.8, 4) is 5.75 Å². The predicted molar refractivity (Wildman–Crippen MR) is 83.0 cm³/mol. The number of hydrogen-bond donors (Lipinski definition) is 1. The zero-order chi connectivity index (χ0) is 18.8. The highest BCUT2D eigenvalue weighted by Crippen LogP contribution is 2.37. The average molecular weight is 446 g/mol. The molecule has 0 saturated carbocycles. The van der Waals surface area contributed by atoms with Crippen LogP contribution in [0.15, 0.2) is 41.0 Å². The van der Waals surface area contributed by atoms with Crippen molar-refractivity contribution in [1.29, 1.82) is 0 Å². The average Bonchev–Trinajstić information content (AvgIpc) is 2.50. The fourth-order valence-electron chi connectivity index (χ4n) is 1.56. The molecule has 0 atom stereocenters. The second-order valence-corrected chi connectivity index (χ2v) is 5.80. The smallest absolute Gasteiger partial charge is 0.426 e. The van der Waals surface area contributed by atoms with Gasteiger partial charge in [0.2, 0.25) is 0 Å². The lowest BCUT2D eigenvalue weighted by molar-refractivity contribution is -0.360. The zero-order valence-corrected chi connectivity index (χ0v) is 14.2. The number of benzene rings is 1. The summed E-state index contributed by atoms with van der Waals surface area (Å²) in [4.78, 5) is 15.8. The third-order valence-electron chi connectivity index (χ3n) is 2.75. The lowest BCUT2D eigenvalue weighted by Crippen LogP contribution is -2.41. The van der Waals surface area contributed by atoms with Crippen LogP contribution in [0.5, 0.6) is 5.75 Å². The van der Waals surface area contributed by atoms with Crippen molar-refractivity contribution in [2.75, 3.05) is 5.32 Å². The number of ether oxygens (including phenoxy) is 1. The van der Waals surface area contributed by atoms with E-state index in [0.29, 0.717) is 4.47 Å².